The number of likely N-dealkylation sites (tertiary alicyclic amines) is 1. The number of aryl methyl sites for hydroxylation is 2. The lowest BCUT2D eigenvalue weighted by molar-refractivity contribution is 0.0672. The summed E-state index contributed by atoms with van der Waals surface area (Å²) in [5, 5.41) is 3.94. The molecule has 28 heavy (non-hydrogen) atoms. The van der Waals surface area contributed by atoms with Crippen molar-refractivity contribution in [1.82, 2.24) is 10.1 Å². The van der Waals surface area contributed by atoms with Crippen LogP contribution in [0.4, 0.5) is 0 Å². The maximum Gasteiger partial charge on any atom is 0.253 e. The van der Waals surface area contributed by atoms with E-state index in [9.17, 15) is 4.79 Å². The second kappa shape index (κ2) is 7.64. The predicted octanol–water partition coefficient (Wildman–Crippen LogP) is 3.88. The maximum absolute atomic E-state index is 13.0. The van der Waals surface area contributed by atoms with E-state index in [2.05, 4.69) is 5.16 Å². The van der Waals surface area contributed by atoms with E-state index in [1.165, 1.54) is 0 Å². The first-order chi connectivity index (χ1) is 13.5. The van der Waals surface area contributed by atoms with E-state index < -0.39 is 0 Å². The van der Waals surface area contributed by atoms with Crippen LogP contribution in [0.2, 0.25) is 0 Å². The van der Waals surface area contributed by atoms with Gasteiger partial charge >= 0.3 is 0 Å². The fourth-order valence-corrected chi connectivity index (χ4v) is 3.79. The van der Waals surface area contributed by atoms with Crippen molar-refractivity contribution < 1.29 is 18.5 Å². The molecule has 3 heterocycles. The second-order valence-electron chi connectivity index (χ2n) is 7.37. The summed E-state index contributed by atoms with van der Waals surface area (Å²) < 4.78 is 16.6. The van der Waals surface area contributed by atoms with Gasteiger partial charge in [0.25, 0.3) is 5.91 Å². The maximum atomic E-state index is 13.0. The highest BCUT2D eigenvalue weighted by atomic mass is 16.5. The minimum atomic E-state index is -0.0141. The molecular weight excluding hydrogens is 356 g/mol. The molecule has 0 aliphatic carbocycles. The monoisotopic (exact) mass is 380 g/mol. The molecule has 4 rings (SSSR count). The molecule has 0 bridgehead atoms. The lowest BCUT2D eigenvalue weighted by Gasteiger charge is -2.16. The third-order valence-corrected chi connectivity index (χ3v) is 5.27. The van der Waals surface area contributed by atoms with E-state index in [1.54, 1.807) is 7.11 Å². The Hall–Kier alpha value is -2.86. The van der Waals surface area contributed by atoms with Gasteiger partial charge in [-0.3, -0.25) is 4.79 Å². The van der Waals surface area contributed by atoms with E-state index in [1.807, 2.05) is 61.2 Å². The summed E-state index contributed by atoms with van der Waals surface area (Å²) in [6.07, 6.45) is 0.694. The molecule has 1 aromatic carbocycles. The third-order valence-electron chi connectivity index (χ3n) is 5.27. The number of hydrogen-bond donors (Lipinski definition) is 0. The van der Waals surface area contributed by atoms with Crippen LogP contribution in [0.25, 0.3) is 11.3 Å². The van der Waals surface area contributed by atoms with Gasteiger partial charge in [0.2, 0.25) is 0 Å². The average molecular weight is 380 g/mol. The minimum Gasteiger partial charge on any atom is -0.461 e. The molecule has 6 nitrogen and oxygen atoms in total. The predicted molar refractivity (Wildman–Crippen MR) is 104 cm³/mol. The summed E-state index contributed by atoms with van der Waals surface area (Å²) >= 11 is 0. The molecule has 0 unspecified atom stereocenters. The Morgan fingerprint density at radius 1 is 1.18 bits per heavy atom. The van der Waals surface area contributed by atoms with Crippen LogP contribution in [-0.2, 0) is 11.2 Å². The van der Waals surface area contributed by atoms with Crippen LogP contribution in [-0.4, -0.2) is 42.3 Å². The molecule has 2 atom stereocenters. The van der Waals surface area contributed by atoms with Crippen molar-refractivity contribution in [3.63, 3.8) is 0 Å². The molecule has 1 amide bonds. The Labute approximate surface area is 164 Å². The Morgan fingerprint density at radius 2 is 1.96 bits per heavy atom. The average Bonchev–Trinajstić information content (AvgIpc) is 3.42. The van der Waals surface area contributed by atoms with Crippen molar-refractivity contribution in [1.29, 1.82) is 0 Å². The van der Waals surface area contributed by atoms with Crippen molar-refractivity contribution in [2.24, 2.45) is 5.92 Å². The van der Waals surface area contributed by atoms with Crippen molar-refractivity contribution in [2.45, 2.75) is 26.4 Å². The number of rotatable bonds is 5. The number of hydrogen-bond acceptors (Lipinski definition) is 5. The van der Waals surface area contributed by atoms with Gasteiger partial charge in [0.05, 0.1) is 11.8 Å². The number of carbonyl (C=O) groups excluding carboxylic acids is 1. The molecule has 1 saturated heterocycles. The molecule has 0 saturated carbocycles. The van der Waals surface area contributed by atoms with Gasteiger partial charge < -0.3 is 18.6 Å². The molecule has 1 aliphatic heterocycles. The zero-order valence-electron chi connectivity index (χ0n) is 16.3. The van der Waals surface area contributed by atoms with E-state index in [-0.39, 0.29) is 17.9 Å². The highest BCUT2D eigenvalue weighted by Crippen LogP contribution is 2.27. The highest BCUT2D eigenvalue weighted by molar-refractivity contribution is 5.94. The quantitative estimate of drug-likeness (QED) is 0.672. The van der Waals surface area contributed by atoms with E-state index in [4.69, 9.17) is 13.7 Å². The standard InChI is InChI=1S/C22H24N2O4/c1-14-10-19(28-23-14)11-18-12-24(13-21(18)26-3)22(25)17-7-5-16(6-8-17)20-9-4-15(2)27-20/h4-10,18,21H,11-13H2,1-3H3/t18-,21+/m1/s1. The normalized spacial score (nSPS) is 19.3. The first kappa shape index (κ1) is 18.5. The fourth-order valence-electron chi connectivity index (χ4n) is 3.79. The number of methoxy groups -OCH3 is 1. The van der Waals surface area contributed by atoms with Crippen LogP contribution in [0.1, 0.15) is 27.6 Å². The largest absolute Gasteiger partial charge is 0.461 e. The highest BCUT2D eigenvalue weighted by Gasteiger charge is 2.36. The summed E-state index contributed by atoms with van der Waals surface area (Å²) in [5.41, 5.74) is 2.49. The van der Waals surface area contributed by atoms with Gasteiger partial charge in [-0.2, -0.15) is 0 Å². The SMILES string of the molecule is CO[C@H]1CN(C(=O)c2ccc(-c3ccc(C)o3)cc2)C[C@H]1Cc1cc(C)no1. The molecular formula is C22H24N2O4. The molecule has 0 N–H and O–H groups in total. The van der Waals surface area contributed by atoms with Gasteiger partial charge in [-0.25, -0.2) is 0 Å². The summed E-state index contributed by atoms with van der Waals surface area (Å²) in [6.45, 7) is 5.03. The number of furan rings is 1. The van der Waals surface area contributed by atoms with Crippen LogP contribution in [0, 0.1) is 19.8 Å². The van der Waals surface area contributed by atoms with Crippen LogP contribution < -0.4 is 0 Å². The van der Waals surface area contributed by atoms with E-state index >= 15 is 0 Å². The molecule has 2 aromatic heterocycles. The minimum absolute atomic E-state index is 0.0141. The molecule has 0 radical (unpaired) electrons. The zero-order valence-corrected chi connectivity index (χ0v) is 16.3. The first-order valence-electron chi connectivity index (χ1n) is 9.44. The van der Waals surface area contributed by atoms with E-state index in [0.717, 1.165) is 28.5 Å². The molecule has 146 valence electrons. The van der Waals surface area contributed by atoms with Gasteiger partial charge in [0, 0.05) is 49.7 Å². The zero-order chi connectivity index (χ0) is 19.7. The van der Waals surface area contributed by atoms with Crippen LogP contribution >= 0.6 is 0 Å². The molecule has 6 heteroatoms. The van der Waals surface area contributed by atoms with Crippen molar-refractivity contribution in [3.05, 3.63) is 65.2 Å². The van der Waals surface area contributed by atoms with Crippen molar-refractivity contribution >= 4 is 5.91 Å². The second-order valence-corrected chi connectivity index (χ2v) is 7.37. The van der Waals surface area contributed by atoms with Crippen LogP contribution in [0.15, 0.2) is 51.4 Å². The summed E-state index contributed by atoms with van der Waals surface area (Å²) in [7, 11) is 1.69. The van der Waals surface area contributed by atoms with Gasteiger partial charge in [0.1, 0.15) is 17.3 Å². The third kappa shape index (κ3) is 3.73. The van der Waals surface area contributed by atoms with Crippen LogP contribution in [0.5, 0.6) is 0 Å². The molecule has 0 spiro atoms. The number of nitrogens with zero attached hydrogens (tertiary/aromatic N) is 2. The fraction of sp³-hybridized carbons (Fsp3) is 0.364. The number of carbonyl (C=O) groups is 1. The summed E-state index contributed by atoms with van der Waals surface area (Å²) in [4.78, 5) is 14.8. The lowest BCUT2D eigenvalue weighted by Crippen LogP contribution is -2.29. The molecule has 3 aromatic rings. The summed E-state index contributed by atoms with van der Waals surface area (Å²) in [6, 6.07) is 13.3. The number of amides is 1. The van der Waals surface area contributed by atoms with Gasteiger partial charge in [-0.15, -0.1) is 0 Å². The van der Waals surface area contributed by atoms with Crippen molar-refractivity contribution in [2.75, 3.05) is 20.2 Å². The van der Waals surface area contributed by atoms with Crippen LogP contribution in [0.3, 0.4) is 0 Å². The first-order valence-corrected chi connectivity index (χ1v) is 9.44. The summed E-state index contributed by atoms with van der Waals surface area (Å²) in [5.74, 6) is 2.70. The Morgan fingerprint density at radius 3 is 2.57 bits per heavy atom. The molecule has 1 aliphatic rings. The number of aromatic nitrogens is 1. The number of ether oxygens (including phenoxy) is 1. The van der Waals surface area contributed by atoms with Gasteiger partial charge in [-0.05, 0) is 38.1 Å². The Balaban J connectivity index is 1.45. The Bertz CT molecular complexity index is 957. The Kier molecular flexibility index (Phi) is 5.05. The van der Waals surface area contributed by atoms with E-state index in [0.29, 0.717) is 25.1 Å². The van der Waals surface area contributed by atoms with Crippen molar-refractivity contribution in [3.8, 4) is 11.3 Å². The number of benzene rings is 1. The lowest BCUT2D eigenvalue weighted by atomic mass is 10.0. The molecule has 1 fully saturated rings. The smallest absolute Gasteiger partial charge is 0.253 e. The van der Waals surface area contributed by atoms with Gasteiger partial charge in [0.15, 0.2) is 0 Å². The van der Waals surface area contributed by atoms with Gasteiger partial charge in [-0.1, -0.05) is 17.3 Å². The topological polar surface area (TPSA) is 68.7 Å².